The molecule has 3 aliphatic heterocycles. The van der Waals surface area contributed by atoms with E-state index in [1.807, 2.05) is 25.7 Å². The maximum Gasteiger partial charge on any atom is 0.494 e. The van der Waals surface area contributed by atoms with Gasteiger partial charge in [0, 0.05) is 38.1 Å². The Kier molecular flexibility index (Phi) is 5.47. The number of nitrogens with zero attached hydrogens (tertiary/aromatic N) is 2. The fraction of sp³-hybridized carbons (Fsp3) is 0.708. The lowest BCUT2D eigenvalue weighted by molar-refractivity contribution is -0.00614. The Labute approximate surface area is 187 Å². The van der Waals surface area contributed by atoms with E-state index in [9.17, 15) is 4.79 Å². The van der Waals surface area contributed by atoms with Crippen molar-refractivity contribution in [3.8, 4) is 0 Å². The average Bonchev–Trinajstić information content (AvgIpc) is 3.13. The van der Waals surface area contributed by atoms with E-state index in [0.29, 0.717) is 0 Å². The van der Waals surface area contributed by atoms with Gasteiger partial charge in [-0.25, -0.2) is 4.79 Å². The summed E-state index contributed by atoms with van der Waals surface area (Å²) in [5.41, 5.74) is 1.50. The number of benzene rings is 1. The summed E-state index contributed by atoms with van der Waals surface area (Å²) in [6.45, 7) is 18.7. The highest BCUT2D eigenvalue weighted by atomic mass is 16.7. The minimum Gasteiger partial charge on any atom is -0.444 e. The normalized spacial score (nSPS) is 24.5. The van der Waals surface area contributed by atoms with E-state index < -0.39 is 5.60 Å². The largest absolute Gasteiger partial charge is 0.494 e. The van der Waals surface area contributed by atoms with Gasteiger partial charge < -0.3 is 18.9 Å². The van der Waals surface area contributed by atoms with Gasteiger partial charge in [-0.2, -0.15) is 0 Å². The Morgan fingerprint density at radius 1 is 1.03 bits per heavy atom. The molecule has 0 radical (unpaired) electrons. The van der Waals surface area contributed by atoms with Gasteiger partial charge in [0.1, 0.15) is 5.60 Å². The second kappa shape index (κ2) is 7.50. The van der Waals surface area contributed by atoms with Gasteiger partial charge in [-0.05, 0) is 65.9 Å². The minimum absolute atomic E-state index is 0.180. The molecule has 0 bridgehead atoms. The molecule has 0 aromatic heterocycles. The summed E-state index contributed by atoms with van der Waals surface area (Å²) in [5, 5.41) is 0. The predicted molar refractivity (Wildman–Crippen MR) is 122 cm³/mol. The van der Waals surface area contributed by atoms with Gasteiger partial charge in [0.25, 0.3) is 0 Å². The van der Waals surface area contributed by atoms with E-state index in [2.05, 4.69) is 56.9 Å². The van der Waals surface area contributed by atoms with Crippen LogP contribution in [0.2, 0.25) is 0 Å². The summed E-state index contributed by atoms with van der Waals surface area (Å²) < 4.78 is 17.8. The number of amides is 1. The molecule has 31 heavy (non-hydrogen) atoms. The Morgan fingerprint density at radius 3 is 2.16 bits per heavy atom. The van der Waals surface area contributed by atoms with Gasteiger partial charge in [-0.3, -0.25) is 4.90 Å². The maximum atomic E-state index is 12.4. The molecule has 0 atom stereocenters. The lowest BCUT2D eigenvalue weighted by Gasteiger charge is -2.48. The summed E-state index contributed by atoms with van der Waals surface area (Å²) in [4.78, 5) is 16.7. The highest BCUT2D eigenvalue weighted by molar-refractivity contribution is 6.62. The van der Waals surface area contributed by atoms with Gasteiger partial charge in [0.2, 0.25) is 0 Å². The summed E-state index contributed by atoms with van der Waals surface area (Å²) >= 11 is 0. The zero-order chi connectivity index (χ0) is 22.7. The van der Waals surface area contributed by atoms with Crippen LogP contribution in [0.5, 0.6) is 0 Å². The first-order chi connectivity index (χ1) is 14.3. The van der Waals surface area contributed by atoms with Crippen molar-refractivity contribution < 1.29 is 18.8 Å². The van der Waals surface area contributed by atoms with Gasteiger partial charge in [-0.15, -0.1) is 0 Å². The molecule has 1 amide bonds. The van der Waals surface area contributed by atoms with Crippen molar-refractivity contribution in [3.63, 3.8) is 0 Å². The van der Waals surface area contributed by atoms with Gasteiger partial charge in [-0.1, -0.05) is 24.3 Å². The Balaban J connectivity index is 1.27. The Bertz CT molecular complexity index is 809. The summed E-state index contributed by atoms with van der Waals surface area (Å²) in [6.07, 6.45) is 0.880. The molecular formula is C24H37BN2O4. The van der Waals surface area contributed by atoms with E-state index in [1.165, 1.54) is 5.56 Å². The quantitative estimate of drug-likeness (QED) is 0.691. The van der Waals surface area contributed by atoms with Gasteiger partial charge in [0.05, 0.1) is 11.2 Å². The highest BCUT2D eigenvalue weighted by Gasteiger charge is 2.52. The van der Waals surface area contributed by atoms with Crippen LogP contribution in [0.4, 0.5) is 4.79 Å². The minimum atomic E-state index is -0.440. The number of likely N-dealkylation sites (tertiary alicyclic amines) is 2. The fourth-order valence-corrected chi connectivity index (χ4v) is 4.71. The summed E-state index contributed by atoms with van der Waals surface area (Å²) in [7, 11) is -0.316. The third-order valence-electron chi connectivity index (χ3n) is 7.12. The molecule has 3 aliphatic rings. The van der Waals surface area contributed by atoms with Crippen LogP contribution in [0.25, 0.3) is 0 Å². The molecule has 1 aromatic carbocycles. The molecule has 0 saturated carbocycles. The van der Waals surface area contributed by atoms with Crippen LogP contribution in [-0.4, -0.2) is 66.0 Å². The van der Waals surface area contributed by atoms with E-state index in [-0.39, 0.29) is 29.8 Å². The number of ether oxygens (including phenoxy) is 1. The molecular weight excluding hydrogens is 391 g/mol. The number of carbonyl (C=O) groups excluding carboxylic acids is 1. The molecule has 6 nitrogen and oxygen atoms in total. The lowest BCUT2D eigenvalue weighted by atomic mass is 9.78. The Morgan fingerprint density at radius 2 is 1.61 bits per heavy atom. The smallest absolute Gasteiger partial charge is 0.444 e. The van der Waals surface area contributed by atoms with Gasteiger partial charge in [0.15, 0.2) is 0 Å². The second-order valence-electron chi connectivity index (χ2n) is 11.6. The van der Waals surface area contributed by atoms with E-state index in [1.54, 1.807) is 0 Å². The van der Waals surface area contributed by atoms with Crippen molar-refractivity contribution in [2.45, 2.75) is 78.2 Å². The molecule has 170 valence electrons. The Hall–Kier alpha value is -1.57. The molecule has 3 heterocycles. The third kappa shape index (κ3) is 4.64. The molecule has 3 saturated heterocycles. The van der Waals surface area contributed by atoms with Crippen LogP contribution in [0.15, 0.2) is 24.3 Å². The van der Waals surface area contributed by atoms with Crippen molar-refractivity contribution >= 4 is 18.7 Å². The average molecular weight is 428 g/mol. The second-order valence-corrected chi connectivity index (χ2v) is 11.6. The predicted octanol–water partition coefficient (Wildman–Crippen LogP) is 3.43. The molecule has 1 spiro atoms. The summed E-state index contributed by atoms with van der Waals surface area (Å²) in [5.74, 6) is 0. The first kappa shape index (κ1) is 22.6. The van der Waals surface area contributed by atoms with Crippen LogP contribution in [0, 0.1) is 5.41 Å². The molecule has 0 unspecified atom stereocenters. The standard InChI is InChI=1S/C24H37BN2O4/c1-21(2,3)29-20(28)27-13-12-24(17-27)15-26(16-24)14-18-8-10-19(11-9-18)25-30-22(4,5)23(6,7)31-25/h8-11H,12-17H2,1-7H3. The van der Waals surface area contributed by atoms with E-state index in [4.69, 9.17) is 14.0 Å². The van der Waals surface area contributed by atoms with Crippen molar-refractivity contribution in [1.82, 2.24) is 9.80 Å². The number of carbonyl (C=O) groups is 1. The third-order valence-corrected chi connectivity index (χ3v) is 7.12. The molecule has 3 fully saturated rings. The fourth-order valence-electron chi connectivity index (χ4n) is 4.71. The maximum absolute atomic E-state index is 12.4. The molecule has 7 heteroatoms. The van der Waals surface area contributed by atoms with Crippen LogP contribution < -0.4 is 5.46 Å². The zero-order valence-electron chi connectivity index (χ0n) is 20.2. The van der Waals surface area contributed by atoms with Crippen LogP contribution >= 0.6 is 0 Å². The first-order valence-electron chi connectivity index (χ1n) is 11.4. The molecule has 1 aromatic rings. The van der Waals surface area contributed by atoms with Crippen molar-refractivity contribution in [2.75, 3.05) is 26.2 Å². The topological polar surface area (TPSA) is 51.2 Å². The highest BCUT2D eigenvalue weighted by Crippen LogP contribution is 2.40. The molecule has 0 N–H and O–H groups in total. The summed E-state index contributed by atoms with van der Waals surface area (Å²) in [6, 6.07) is 8.58. The number of hydrogen-bond donors (Lipinski definition) is 0. The monoisotopic (exact) mass is 428 g/mol. The molecule has 0 aliphatic carbocycles. The van der Waals surface area contributed by atoms with Crippen molar-refractivity contribution in [3.05, 3.63) is 29.8 Å². The number of rotatable bonds is 3. The van der Waals surface area contributed by atoms with E-state index >= 15 is 0 Å². The molecule has 4 rings (SSSR count). The van der Waals surface area contributed by atoms with Crippen molar-refractivity contribution in [2.24, 2.45) is 5.41 Å². The van der Waals surface area contributed by atoms with Crippen molar-refractivity contribution in [1.29, 1.82) is 0 Å². The van der Waals surface area contributed by atoms with E-state index in [0.717, 1.165) is 44.6 Å². The lowest BCUT2D eigenvalue weighted by Crippen LogP contribution is -2.57. The van der Waals surface area contributed by atoms with Crippen LogP contribution in [0.1, 0.15) is 60.5 Å². The van der Waals surface area contributed by atoms with Crippen LogP contribution in [-0.2, 0) is 20.6 Å². The van der Waals surface area contributed by atoms with Crippen LogP contribution in [0.3, 0.4) is 0 Å². The SMILES string of the molecule is CC(C)(C)OC(=O)N1CCC2(CN(Cc3ccc(B4OC(C)(C)C(C)(C)O4)cc3)C2)C1. The number of hydrogen-bond acceptors (Lipinski definition) is 5. The zero-order valence-corrected chi connectivity index (χ0v) is 20.2. The van der Waals surface area contributed by atoms with Gasteiger partial charge >= 0.3 is 13.2 Å². The first-order valence-corrected chi connectivity index (χ1v) is 11.4.